The lowest BCUT2D eigenvalue weighted by atomic mass is 10.2. The average Bonchev–Trinajstić information content (AvgIpc) is 2.78. The first kappa shape index (κ1) is 12.4. The fourth-order valence-corrected chi connectivity index (χ4v) is 2.00. The average molecular weight is 291 g/mol. The molecule has 17 heavy (non-hydrogen) atoms. The minimum Gasteiger partial charge on any atom is -0.466 e. The number of hydrogen-bond donors (Lipinski definition) is 0. The molecule has 4 nitrogen and oxygen atoms in total. The van der Waals surface area contributed by atoms with E-state index in [1.54, 1.807) is 18.2 Å². The molecule has 0 radical (unpaired) electrons. The summed E-state index contributed by atoms with van der Waals surface area (Å²) in [6, 6.07) is 5.49. The van der Waals surface area contributed by atoms with Gasteiger partial charge in [0.2, 0.25) is 0 Å². The third kappa shape index (κ3) is 3.21. The zero-order chi connectivity index (χ0) is 12.3. The molecule has 2 rings (SSSR count). The molecule has 0 aliphatic carbocycles. The molecular formula is C10H8Cl2N2O2S. The van der Waals surface area contributed by atoms with Crippen LogP contribution in [-0.4, -0.2) is 16.5 Å². The van der Waals surface area contributed by atoms with Gasteiger partial charge in [-0.2, -0.15) is 0 Å². The van der Waals surface area contributed by atoms with Crippen molar-refractivity contribution in [3.63, 3.8) is 0 Å². The summed E-state index contributed by atoms with van der Waals surface area (Å²) in [6.45, 7) is 0.289. The SMILES string of the molecule is COc1nsc(OCc2cc(Cl)ccc2Cl)n1. The van der Waals surface area contributed by atoms with Crippen LogP contribution in [0.1, 0.15) is 5.56 Å². The van der Waals surface area contributed by atoms with Gasteiger partial charge in [-0.1, -0.05) is 23.2 Å². The maximum Gasteiger partial charge on any atom is 0.331 e. The predicted octanol–water partition coefficient (Wildman–Crippen LogP) is 3.43. The van der Waals surface area contributed by atoms with E-state index in [2.05, 4.69) is 9.36 Å². The molecule has 0 unspecified atom stereocenters. The van der Waals surface area contributed by atoms with E-state index >= 15 is 0 Å². The van der Waals surface area contributed by atoms with Crippen LogP contribution in [0.25, 0.3) is 0 Å². The van der Waals surface area contributed by atoms with Crippen LogP contribution in [0.5, 0.6) is 11.2 Å². The summed E-state index contributed by atoms with van der Waals surface area (Å²) in [4.78, 5) is 3.98. The number of rotatable bonds is 4. The molecule has 0 saturated carbocycles. The Bertz CT molecular complexity index is 519. The fraction of sp³-hybridized carbons (Fsp3) is 0.200. The topological polar surface area (TPSA) is 44.2 Å². The van der Waals surface area contributed by atoms with E-state index in [-0.39, 0.29) is 6.61 Å². The van der Waals surface area contributed by atoms with Gasteiger partial charge in [0.1, 0.15) is 6.61 Å². The lowest BCUT2D eigenvalue weighted by molar-refractivity contribution is 0.298. The predicted molar refractivity (Wildman–Crippen MR) is 67.3 cm³/mol. The summed E-state index contributed by atoms with van der Waals surface area (Å²) in [5.74, 6) is 0. The van der Waals surface area contributed by atoms with Gasteiger partial charge in [0.05, 0.1) is 7.11 Å². The Labute approximate surface area is 112 Å². The van der Waals surface area contributed by atoms with Gasteiger partial charge < -0.3 is 9.47 Å². The molecule has 2 aromatic rings. The number of aromatic nitrogens is 2. The minimum absolute atomic E-state index is 0.289. The summed E-state index contributed by atoms with van der Waals surface area (Å²) < 4.78 is 14.2. The standard InChI is InChI=1S/C10H8Cl2N2O2S/c1-15-9-13-10(17-14-9)16-5-6-4-7(11)2-3-8(6)12/h2-4H,5H2,1H3. The smallest absolute Gasteiger partial charge is 0.331 e. The van der Waals surface area contributed by atoms with Crippen LogP contribution in [0.4, 0.5) is 0 Å². The molecule has 0 amide bonds. The number of halogens is 2. The highest BCUT2D eigenvalue weighted by molar-refractivity contribution is 7.07. The zero-order valence-electron chi connectivity index (χ0n) is 8.81. The van der Waals surface area contributed by atoms with Crippen LogP contribution in [-0.2, 0) is 6.61 Å². The van der Waals surface area contributed by atoms with Crippen molar-refractivity contribution in [1.29, 1.82) is 0 Å². The van der Waals surface area contributed by atoms with Crippen LogP contribution in [0, 0.1) is 0 Å². The fourth-order valence-electron chi connectivity index (χ4n) is 1.13. The van der Waals surface area contributed by atoms with E-state index < -0.39 is 0 Å². The van der Waals surface area contributed by atoms with Gasteiger partial charge in [0.25, 0.3) is 5.19 Å². The molecule has 0 atom stereocenters. The van der Waals surface area contributed by atoms with E-state index in [9.17, 15) is 0 Å². The lowest BCUT2D eigenvalue weighted by Gasteiger charge is -2.04. The molecule has 1 aromatic heterocycles. The van der Waals surface area contributed by atoms with Gasteiger partial charge in [-0.15, -0.1) is 9.36 Å². The Morgan fingerprint density at radius 3 is 2.88 bits per heavy atom. The minimum atomic E-state index is 0.289. The second-order valence-electron chi connectivity index (χ2n) is 3.07. The molecule has 0 saturated heterocycles. The summed E-state index contributed by atoms with van der Waals surface area (Å²) in [6.07, 6.45) is 0. The summed E-state index contributed by atoms with van der Waals surface area (Å²) in [5.41, 5.74) is 0.799. The van der Waals surface area contributed by atoms with Crippen molar-refractivity contribution in [3.05, 3.63) is 33.8 Å². The molecular weight excluding hydrogens is 283 g/mol. The molecule has 90 valence electrons. The van der Waals surface area contributed by atoms with E-state index in [4.69, 9.17) is 32.7 Å². The first-order valence-electron chi connectivity index (χ1n) is 4.63. The van der Waals surface area contributed by atoms with Crippen LogP contribution in [0.15, 0.2) is 18.2 Å². The lowest BCUT2D eigenvalue weighted by Crippen LogP contribution is -1.96. The molecule has 0 fully saturated rings. The first-order chi connectivity index (χ1) is 8.19. The number of hydrogen-bond acceptors (Lipinski definition) is 5. The molecule has 0 spiro atoms. The maximum atomic E-state index is 6.00. The van der Waals surface area contributed by atoms with Gasteiger partial charge in [-0.25, -0.2) is 0 Å². The van der Waals surface area contributed by atoms with Crippen molar-refractivity contribution in [3.8, 4) is 11.2 Å². The molecule has 0 bridgehead atoms. The highest BCUT2D eigenvalue weighted by Crippen LogP contribution is 2.24. The molecule has 1 heterocycles. The van der Waals surface area contributed by atoms with Gasteiger partial charge in [0, 0.05) is 27.1 Å². The van der Waals surface area contributed by atoms with E-state index in [0.29, 0.717) is 21.2 Å². The number of benzene rings is 1. The van der Waals surface area contributed by atoms with Gasteiger partial charge in [-0.3, -0.25) is 0 Å². The molecule has 0 aliphatic rings. The van der Waals surface area contributed by atoms with Gasteiger partial charge in [0.15, 0.2) is 0 Å². The van der Waals surface area contributed by atoms with Gasteiger partial charge >= 0.3 is 6.01 Å². The van der Waals surface area contributed by atoms with E-state index in [1.807, 2.05) is 0 Å². The zero-order valence-corrected chi connectivity index (χ0v) is 11.1. The van der Waals surface area contributed by atoms with Gasteiger partial charge in [-0.05, 0) is 18.2 Å². The highest BCUT2D eigenvalue weighted by Gasteiger charge is 2.07. The van der Waals surface area contributed by atoms with E-state index in [1.165, 1.54) is 7.11 Å². The second kappa shape index (κ2) is 5.53. The second-order valence-corrected chi connectivity index (χ2v) is 4.63. The molecule has 0 aliphatic heterocycles. The number of ether oxygens (including phenoxy) is 2. The Morgan fingerprint density at radius 1 is 1.35 bits per heavy atom. The Balaban J connectivity index is 2.04. The monoisotopic (exact) mass is 290 g/mol. The van der Waals surface area contributed by atoms with Crippen LogP contribution < -0.4 is 9.47 Å². The largest absolute Gasteiger partial charge is 0.466 e. The van der Waals surface area contributed by atoms with Crippen LogP contribution in [0.2, 0.25) is 10.0 Å². The van der Waals surface area contributed by atoms with Crippen LogP contribution in [0.3, 0.4) is 0 Å². The molecule has 7 heteroatoms. The first-order valence-corrected chi connectivity index (χ1v) is 6.16. The van der Waals surface area contributed by atoms with Crippen molar-refractivity contribution in [2.24, 2.45) is 0 Å². The Kier molecular flexibility index (Phi) is 4.04. The van der Waals surface area contributed by atoms with Crippen molar-refractivity contribution >= 4 is 34.7 Å². The molecule has 0 N–H and O–H groups in total. The third-order valence-corrected chi connectivity index (χ3v) is 3.15. The van der Waals surface area contributed by atoms with Crippen molar-refractivity contribution in [2.45, 2.75) is 6.61 Å². The number of nitrogens with zero attached hydrogens (tertiary/aromatic N) is 2. The summed E-state index contributed by atoms with van der Waals surface area (Å²) >= 11 is 13.0. The third-order valence-electron chi connectivity index (χ3n) is 1.93. The van der Waals surface area contributed by atoms with E-state index in [0.717, 1.165) is 17.1 Å². The Morgan fingerprint density at radius 2 is 2.18 bits per heavy atom. The summed E-state index contributed by atoms with van der Waals surface area (Å²) in [5, 5.41) is 1.65. The van der Waals surface area contributed by atoms with Crippen molar-refractivity contribution < 1.29 is 9.47 Å². The van der Waals surface area contributed by atoms with Crippen LogP contribution >= 0.6 is 34.7 Å². The quantitative estimate of drug-likeness (QED) is 0.865. The maximum absolute atomic E-state index is 6.00. The number of methoxy groups -OCH3 is 1. The normalized spacial score (nSPS) is 10.3. The summed E-state index contributed by atoms with van der Waals surface area (Å²) in [7, 11) is 1.50. The van der Waals surface area contributed by atoms with Crippen molar-refractivity contribution in [2.75, 3.05) is 7.11 Å². The molecule has 1 aromatic carbocycles. The van der Waals surface area contributed by atoms with Crippen molar-refractivity contribution in [1.82, 2.24) is 9.36 Å². The Hall–Kier alpha value is -1.04. The highest BCUT2D eigenvalue weighted by atomic mass is 35.5.